The quantitative estimate of drug-likeness (QED) is 0.0223. The predicted octanol–water partition coefficient (Wildman–Crippen LogP) is -2.43. The summed E-state index contributed by atoms with van der Waals surface area (Å²) in [5.41, 5.74) is 4.91. The van der Waals surface area contributed by atoms with Crippen molar-refractivity contribution in [2.75, 3.05) is 20.0 Å². The maximum atomic E-state index is 13.8. The molecule has 2 aliphatic rings. The number of carbonyl (C=O) groups excluding carboxylic acids is 2. The number of azo groups is 3. The van der Waals surface area contributed by atoms with E-state index in [0.29, 0.717) is 28.3 Å². The summed E-state index contributed by atoms with van der Waals surface area (Å²) >= 11 is 0. The second-order valence-electron chi connectivity index (χ2n) is 13.5. The Hall–Kier alpha value is -5.29. The van der Waals surface area contributed by atoms with Crippen molar-refractivity contribution >= 4 is 87.4 Å². The number of non-ortho nitro benzene ring substituents is 1. The van der Waals surface area contributed by atoms with Gasteiger partial charge in [-0.2, -0.15) is 0 Å². The number of benzene rings is 5. The molecule has 0 heterocycles. The molecule has 27 heteroatoms. The zero-order valence-electron chi connectivity index (χ0n) is 36.1. The first-order valence-electron chi connectivity index (χ1n) is 18.2. The Morgan fingerprint density at radius 2 is 1.29 bits per heavy atom. The van der Waals surface area contributed by atoms with Crippen molar-refractivity contribution in [3.8, 4) is 28.4 Å². The largest absolute Gasteiger partial charge is 1.00 e. The van der Waals surface area contributed by atoms with E-state index in [-0.39, 0.29) is 144 Å². The summed E-state index contributed by atoms with van der Waals surface area (Å²) in [6.45, 7) is 0. The van der Waals surface area contributed by atoms with Crippen LogP contribution in [0, 0.1) is 10.1 Å². The fourth-order valence-electron chi connectivity index (χ4n) is 6.42. The molecule has 0 aromatic heterocycles. The molecule has 0 unspecified atom stereocenters. The summed E-state index contributed by atoms with van der Waals surface area (Å²) in [7, 11) is -7.01. The van der Waals surface area contributed by atoms with E-state index in [0.717, 1.165) is 18.2 Å². The molecule has 0 bridgehead atoms. The Bertz CT molecular complexity index is 3410. The number of fused-ring (bicyclic) bond motifs is 2. The van der Waals surface area contributed by atoms with Gasteiger partial charge in [-0.15, -0.1) is 30.7 Å². The molecule has 4 N–H and O–H groups in total. The van der Waals surface area contributed by atoms with E-state index < -0.39 is 70.1 Å². The fourth-order valence-corrected chi connectivity index (χ4v) is 7.58. The van der Waals surface area contributed by atoms with Crippen LogP contribution in [0.4, 0.5) is 39.8 Å². The van der Waals surface area contributed by atoms with Crippen LogP contribution in [0.3, 0.4) is 0 Å². The number of nitrogens with zero attached hydrogens (tertiary/aromatic N) is 7. The van der Waals surface area contributed by atoms with Crippen molar-refractivity contribution < 1.29 is 149 Å². The normalized spacial score (nSPS) is 13.6. The van der Waals surface area contributed by atoms with Crippen molar-refractivity contribution in [1.29, 1.82) is 0 Å². The number of hydrogen-bond acceptors (Lipinski definition) is 19. The summed E-state index contributed by atoms with van der Waals surface area (Å²) in [4.78, 5) is 33.4. The second kappa shape index (κ2) is 22.4. The number of anilines is 1. The summed E-state index contributed by atoms with van der Waals surface area (Å²) in [6, 6.07) is 15.2. The number of carbonyl (C=O) groups is 2. The van der Waals surface area contributed by atoms with Gasteiger partial charge in [0, 0.05) is 28.7 Å². The predicted molar refractivity (Wildman–Crippen MR) is 228 cm³/mol. The Morgan fingerprint density at radius 3 is 1.85 bits per heavy atom. The van der Waals surface area contributed by atoms with E-state index in [1.54, 1.807) is 24.3 Å². The SMILES string of the molecule is COc1cc(-c2ccc(N=Nc3c(S(=O)(=O)[O-])cc4c(N=Nc5ccc([N+](=O)[O-])cc5C(=O)[O-])c(N)ccc4c3[O-])c(OC)c2)ccc1N=NC1=C2C=CC(=S(=O)(O)O)C=C2C=CC1=O.[Na+].[Na+].[Na+]. The van der Waals surface area contributed by atoms with Gasteiger partial charge < -0.3 is 34.8 Å². The number of carboxylic acids is 1. The first-order valence-corrected chi connectivity index (χ1v) is 21.0. The summed E-state index contributed by atoms with van der Waals surface area (Å²) < 4.78 is 79.5. The summed E-state index contributed by atoms with van der Waals surface area (Å²) in [5, 5.41) is 60.1. The third-order valence-corrected chi connectivity index (χ3v) is 11.3. The van der Waals surface area contributed by atoms with E-state index in [9.17, 15) is 56.2 Å². The van der Waals surface area contributed by atoms with Crippen LogP contribution in [0.1, 0.15) is 10.4 Å². The maximum absolute atomic E-state index is 13.8. The molecular formula is C41H27N8Na3O14S2. The average molecular weight is 989 g/mol. The molecule has 0 radical (unpaired) electrons. The molecule has 0 atom stereocenters. The van der Waals surface area contributed by atoms with Crippen molar-refractivity contribution in [3.05, 3.63) is 136 Å². The number of rotatable bonds is 12. The van der Waals surface area contributed by atoms with Gasteiger partial charge in [0.1, 0.15) is 44.4 Å². The van der Waals surface area contributed by atoms with Crippen LogP contribution in [-0.2, 0) is 25.0 Å². The number of nitro groups is 1. The molecule has 0 fully saturated rings. The van der Waals surface area contributed by atoms with E-state index in [1.165, 1.54) is 68.9 Å². The number of nitro benzene ring substituents is 1. The number of nitrogen functional groups attached to an aromatic ring is 1. The van der Waals surface area contributed by atoms with Crippen molar-refractivity contribution in [3.63, 3.8) is 0 Å². The van der Waals surface area contributed by atoms with Crippen LogP contribution < -0.4 is 114 Å². The van der Waals surface area contributed by atoms with Gasteiger partial charge >= 0.3 is 88.7 Å². The molecule has 68 heavy (non-hydrogen) atoms. The molecule has 330 valence electrons. The van der Waals surface area contributed by atoms with Crippen LogP contribution in [-0.4, -0.2) is 62.0 Å². The molecule has 5 aromatic rings. The molecule has 0 saturated heterocycles. The fraction of sp³-hybridized carbons (Fsp3) is 0.0488. The molecule has 7 rings (SSSR count). The molecular weight excluding hydrogens is 962 g/mol. The Labute approximate surface area is 451 Å². The Kier molecular flexibility index (Phi) is 18.2. The van der Waals surface area contributed by atoms with Gasteiger partial charge in [-0.25, -0.2) is 12.6 Å². The number of carboxylic acid groups (broad SMARTS) is 1. The van der Waals surface area contributed by atoms with Crippen LogP contribution in [0.15, 0.2) is 156 Å². The number of methoxy groups -OCH3 is 2. The number of hydrogen-bond donors (Lipinski definition) is 3. The van der Waals surface area contributed by atoms with Gasteiger partial charge in [0.2, 0.25) is 15.9 Å². The summed E-state index contributed by atoms with van der Waals surface area (Å²) in [6.07, 6.45) is 6.43. The number of allylic oxidation sites excluding steroid dienone is 7. The zero-order chi connectivity index (χ0) is 47.0. The van der Waals surface area contributed by atoms with E-state index in [2.05, 4.69) is 30.7 Å². The second-order valence-corrected chi connectivity index (χ2v) is 16.3. The number of ketones is 1. The third kappa shape index (κ3) is 11.8. The topological polar surface area (TPSA) is 357 Å². The van der Waals surface area contributed by atoms with Gasteiger partial charge in [-0.3, -0.25) is 24.0 Å². The molecule has 2 aliphatic carbocycles. The van der Waals surface area contributed by atoms with E-state index in [1.807, 2.05) is 0 Å². The average Bonchev–Trinajstić information content (AvgIpc) is 3.26. The van der Waals surface area contributed by atoms with Gasteiger partial charge in [0.05, 0.1) is 51.9 Å². The smallest absolute Gasteiger partial charge is 0.871 e. The van der Waals surface area contributed by atoms with Gasteiger partial charge in [0.15, 0.2) is 0 Å². The molecule has 5 aromatic carbocycles. The third-order valence-electron chi connectivity index (χ3n) is 9.60. The first-order chi connectivity index (χ1) is 30.8. The van der Waals surface area contributed by atoms with Gasteiger partial charge in [-0.05, 0) is 82.8 Å². The van der Waals surface area contributed by atoms with Gasteiger partial charge in [0.25, 0.3) is 5.69 Å². The number of aromatic carboxylic acids is 1. The zero-order valence-corrected chi connectivity index (χ0v) is 43.8. The monoisotopic (exact) mass is 988 g/mol. The van der Waals surface area contributed by atoms with Crippen LogP contribution >= 0.6 is 0 Å². The maximum Gasteiger partial charge on any atom is 1.00 e. The van der Waals surface area contributed by atoms with E-state index >= 15 is 0 Å². The molecule has 22 nitrogen and oxygen atoms in total. The standard InChI is InChI=1S/C41H30N8O14S2.3Na/c1-62-34-16-20(3-11-31(34)44-47-38-25-8-7-24(64(56,57)58)15-22(25)5-14-33(38)50)21-4-12-32(35(17-21)63-2)45-48-39-36(65(59,60)61)19-27-26(40(39)51)9-10-29(42)37(27)46-43-30-13-6-23(49(54)55)18-28(30)41(52)53;;;/h3-19,51H,42H2,1-2H3,(H,52,53)(H2,56,57,58)(H,59,60,61);;;/q;3*+1/p-3. The van der Waals surface area contributed by atoms with Crippen LogP contribution in [0.2, 0.25) is 0 Å². The molecule has 0 amide bonds. The minimum Gasteiger partial charge on any atom is -0.871 e. The van der Waals surface area contributed by atoms with Crippen molar-refractivity contribution in [2.24, 2.45) is 30.7 Å². The Morgan fingerprint density at radius 1 is 0.721 bits per heavy atom. The molecule has 0 aliphatic heterocycles. The molecule has 0 saturated carbocycles. The Balaban J connectivity index is 0.00000336. The van der Waals surface area contributed by atoms with Crippen molar-refractivity contribution in [2.45, 2.75) is 4.90 Å². The molecule has 0 spiro atoms. The number of nitrogens with two attached hydrogens (primary N) is 1. The number of ether oxygens (including phenoxy) is 2. The van der Waals surface area contributed by atoms with E-state index in [4.69, 9.17) is 15.2 Å². The van der Waals surface area contributed by atoms with Crippen molar-refractivity contribution in [1.82, 2.24) is 0 Å². The van der Waals surface area contributed by atoms with Crippen LogP contribution in [0.25, 0.3) is 21.9 Å². The van der Waals surface area contributed by atoms with Gasteiger partial charge in [-0.1, -0.05) is 36.1 Å². The minimum atomic E-state index is -5.45. The summed E-state index contributed by atoms with van der Waals surface area (Å²) in [5.74, 6) is -3.07. The minimum absolute atomic E-state index is 0. The van der Waals surface area contributed by atoms with Crippen LogP contribution in [0.5, 0.6) is 17.2 Å². The first kappa shape index (κ1) is 55.3.